The number of phenolic OH excluding ortho intramolecular Hbond substituents is 1. The highest BCUT2D eigenvalue weighted by Crippen LogP contribution is 2.43. The molecular weight excluding hydrogens is 328 g/mol. The second-order valence-corrected chi connectivity index (χ2v) is 5.33. The molecule has 0 spiro atoms. The van der Waals surface area contributed by atoms with Crippen molar-refractivity contribution in [1.29, 1.82) is 0 Å². The van der Waals surface area contributed by atoms with Crippen LogP contribution in [0, 0.1) is 6.92 Å². The van der Waals surface area contributed by atoms with Gasteiger partial charge in [0.1, 0.15) is 11.8 Å². The summed E-state index contributed by atoms with van der Waals surface area (Å²) >= 11 is 5.85. The summed E-state index contributed by atoms with van der Waals surface area (Å²) in [5.74, 6) is -0.338. The second-order valence-electron chi connectivity index (χ2n) is 4.89. The molecule has 1 aliphatic rings. The number of nitrogens with one attached hydrogen (secondary N) is 1. The van der Waals surface area contributed by atoms with Gasteiger partial charge in [-0.15, -0.1) is 12.4 Å². The average Bonchev–Trinajstić information content (AvgIpc) is 2.35. The number of alkyl halides is 3. The summed E-state index contributed by atoms with van der Waals surface area (Å²) in [6.45, 7) is 3.07. The van der Waals surface area contributed by atoms with Gasteiger partial charge in [-0.3, -0.25) is 4.90 Å². The van der Waals surface area contributed by atoms with Gasteiger partial charge >= 0.3 is 6.18 Å². The molecule has 2 rings (SSSR count). The quantitative estimate of drug-likeness (QED) is 0.864. The van der Waals surface area contributed by atoms with Crippen LogP contribution in [0.3, 0.4) is 0 Å². The number of aryl methyl sites for hydroxylation is 1. The third kappa shape index (κ3) is 4.16. The fraction of sp³-hybridized carbons (Fsp3) is 0.538. The largest absolute Gasteiger partial charge is 0.507 e. The maximum absolute atomic E-state index is 13.4. The number of nitrogens with zero attached hydrogens (tertiary/aromatic N) is 1. The molecule has 1 aromatic carbocycles. The minimum Gasteiger partial charge on any atom is -0.507 e. The summed E-state index contributed by atoms with van der Waals surface area (Å²) in [6.07, 6.45) is -4.47. The minimum atomic E-state index is -4.47. The highest BCUT2D eigenvalue weighted by atomic mass is 35.5. The zero-order chi connectivity index (χ0) is 14.9. The van der Waals surface area contributed by atoms with Gasteiger partial charge in [-0.05, 0) is 24.6 Å². The number of piperazine rings is 1. The van der Waals surface area contributed by atoms with Crippen LogP contribution < -0.4 is 5.32 Å². The average molecular weight is 345 g/mol. The van der Waals surface area contributed by atoms with E-state index in [9.17, 15) is 18.3 Å². The molecule has 0 aliphatic carbocycles. The molecule has 1 saturated heterocycles. The molecule has 0 amide bonds. The van der Waals surface area contributed by atoms with E-state index in [4.69, 9.17) is 11.6 Å². The zero-order valence-electron chi connectivity index (χ0n) is 11.4. The van der Waals surface area contributed by atoms with Crippen LogP contribution in [-0.2, 0) is 0 Å². The lowest BCUT2D eigenvalue weighted by Crippen LogP contribution is -2.49. The molecule has 1 atom stereocenters. The Bertz CT molecular complexity index is 491. The van der Waals surface area contributed by atoms with Crippen molar-refractivity contribution in [3.8, 4) is 5.75 Å². The Morgan fingerprint density at radius 3 is 2.38 bits per heavy atom. The van der Waals surface area contributed by atoms with E-state index < -0.39 is 12.2 Å². The fourth-order valence-corrected chi connectivity index (χ4v) is 2.77. The topological polar surface area (TPSA) is 35.5 Å². The van der Waals surface area contributed by atoms with Crippen LogP contribution in [0.2, 0.25) is 5.02 Å². The number of hydrogen-bond acceptors (Lipinski definition) is 3. The van der Waals surface area contributed by atoms with Crippen molar-refractivity contribution in [2.45, 2.75) is 19.1 Å². The molecule has 3 nitrogen and oxygen atoms in total. The van der Waals surface area contributed by atoms with Crippen LogP contribution in [0.25, 0.3) is 0 Å². The SMILES string of the molecule is Cc1cc(Cl)cc([C@H](N2CCNCC2)C(F)(F)F)c1O.Cl. The molecule has 0 unspecified atom stereocenters. The molecule has 0 aromatic heterocycles. The van der Waals surface area contributed by atoms with E-state index in [1.54, 1.807) is 0 Å². The van der Waals surface area contributed by atoms with Crippen LogP contribution in [0.5, 0.6) is 5.75 Å². The third-order valence-electron chi connectivity index (χ3n) is 3.42. The van der Waals surface area contributed by atoms with Crippen LogP contribution in [0.15, 0.2) is 12.1 Å². The first-order chi connectivity index (χ1) is 9.30. The summed E-state index contributed by atoms with van der Waals surface area (Å²) in [6, 6.07) is 0.817. The van der Waals surface area contributed by atoms with E-state index in [0.717, 1.165) is 0 Å². The normalized spacial score (nSPS) is 18.1. The maximum Gasteiger partial charge on any atom is 0.408 e. The Morgan fingerprint density at radius 1 is 1.29 bits per heavy atom. The Hall–Kier alpha value is -0.690. The molecule has 8 heteroatoms. The lowest BCUT2D eigenvalue weighted by atomic mass is 10.00. The summed E-state index contributed by atoms with van der Waals surface area (Å²) in [4.78, 5) is 1.32. The molecule has 1 aliphatic heterocycles. The number of phenols is 1. The van der Waals surface area contributed by atoms with Gasteiger partial charge in [0.15, 0.2) is 0 Å². The van der Waals surface area contributed by atoms with E-state index in [-0.39, 0.29) is 41.8 Å². The summed E-state index contributed by atoms with van der Waals surface area (Å²) in [5.41, 5.74) is 0.168. The number of benzene rings is 1. The molecule has 1 aromatic rings. The van der Waals surface area contributed by atoms with Crippen molar-refractivity contribution in [3.05, 3.63) is 28.3 Å². The Morgan fingerprint density at radius 2 is 1.86 bits per heavy atom. The van der Waals surface area contributed by atoms with Gasteiger partial charge in [-0.25, -0.2) is 0 Å². The number of hydrogen-bond donors (Lipinski definition) is 2. The van der Waals surface area contributed by atoms with E-state index in [2.05, 4.69) is 5.32 Å². The number of halogens is 5. The fourth-order valence-electron chi connectivity index (χ4n) is 2.49. The van der Waals surface area contributed by atoms with Gasteiger partial charge in [-0.2, -0.15) is 13.2 Å². The first kappa shape index (κ1) is 18.4. The van der Waals surface area contributed by atoms with Crippen molar-refractivity contribution in [3.63, 3.8) is 0 Å². The summed E-state index contributed by atoms with van der Waals surface area (Å²) < 4.78 is 40.3. The van der Waals surface area contributed by atoms with Gasteiger partial charge in [0, 0.05) is 36.8 Å². The molecule has 120 valence electrons. The lowest BCUT2D eigenvalue weighted by Gasteiger charge is -2.36. The van der Waals surface area contributed by atoms with E-state index in [0.29, 0.717) is 18.7 Å². The van der Waals surface area contributed by atoms with Crippen molar-refractivity contribution in [1.82, 2.24) is 10.2 Å². The van der Waals surface area contributed by atoms with Gasteiger partial charge in [0.05, 0.1) is 0 Å². The van der Waals surface area contributed by atoms with Crippen molar-refractivity contribution >= 4 is 24.0 Å². The zero-order valence-corrected chi connectivity index (χ0v) is 12.9. The highest BCUT2D eigenvalue weighted by Gasteiger charge is 2.46. The maximum atomic E-state index is 13.4. The van der Waals surface area contributed by atoms with E-state index in [1.165, 1.54) is 24.0 Å². The third-order valence-corrected chi connectivity index (χ3v) is 3.63. The molecule has 1 heterocycles. The first-order valence-electron chi connectivity index (χ1n) is 6.31. The van der Waals surface area contributed by atoms with Crippen LogP contribution in [-0.4, -0.2) is 42.4 Å². The standard InChI is InChI=1S/C13H16ClF3N2O.ClH/c1-8-6-9(14)7-10(11(8)20)12(13(15,16)17)19-4-2-18-3-5-19;/h6-7,12,18,20H,2-5H2,1H3;1H/t12-;/m0./s1. The summed E-state index contributed by atoms with van der Waals surface area (Å²) in [5, 5.41) is 13.2. The predicted octanol–water partition coefficient (Wildman–Crippen LogP) is 3.28. The van der Waals surface area contributed by atoms with Crippen molar-refractivity contribution < 1.29 is 18.3 Å². The van der Waals surface area contributed by atoms with Gasteiger partial charge in [0.2, 0.25) is 0 Å². The first-order valence-corrected chi connectivity index (χ1v) is 6.69. The lowest BCUT2D eigenvalue weighted by molar-refractivity contribution is -0.188. The molecule has 21 heavy (non-hydrogen) atoms. The Balaban J connectivity index is 0.00000220. The molecule has 0 radical (unpaired) electrons. The summed E-state index contributed by atoms with van der Waals surface area (Å²) in [7, 11) is 0. The van der Waals surface area contributed by atoms with Crippen LogP contribution in [0.4, 0.5) is 13.2 Å². The molecule has 0 saturated carbocycles. The Labute approximate surface area is 132 Å². The molecular formula is C13H17Cl2F3N2O. The minimum absolute atomic E-state index is 0. The van der Waals surface area contributed by atoms with Crippen LogP contribution >= 0.6 is 24.0 Å². The van der Waals surface area contributed by atoms with E-state index >= 15 is 0 Å². The van der Waals surface area contributed by atoms with Gasteiger partial charge in [0.25, 0.3) is 0 Å². The second kappa shape index (κ2) is 7.05. The Kier molecular flexibility index (Phi) is 6.16. The van der Waals surface area contributed by atoms with Crippen LogP contribution in [0.1, 0.15) is 17.2 Å². The molecule has 0 bridgehead atoms. The predicted molar refractivity (Wildman–Crippen MR) is 78.3 cm³/mol. The number of aromatic hydroxyl groups is 1. The monoisotopic (exact) mass is 344 g/mol. The van der Waals surface area contributed by atoms with E-state index in [1.807, 2.05) is 0 Å². The van der Waals surface area contributed by atoms with Gasteiger partial charge < -0.3 is 10.4 Å². The van der Waals surface area contributed by atoms with Crippen molar-refractivity contribution in [2.24, 2.45) is 0 Å². The molecule has 1 fully saturated rings. The number of rotatable bonds is 2. The smallest absolute Gasteiger partial charge is 0.408 e. The van der Waals surface area contributed by atoms with Gasteiger partial charge in [-0.1, -0.05) is 11.6 Å². The highest BCUT2D eigenvalue weighted by molar-refractivity contribution is 6.30. The molecule has 2 N–H and O–H groups in total. The van der Waals surface area contributed by atoms with Crippen molar-refractivity contribution in [2.75, 3.05) is 26.2 Å².